The van der Waals surface area contributed by atoms with Crippen molar-refractivity contribution in [3.05, 3.63) is 178 Å². The third-order valence-corrected chi connectivity index (χ3v) is 33.8. The van der Waals surface area contributed by atoms with Crippen LogP contribution >= 0.6 is 0 Å². The molecule has 0 saturated carbocycles. The van der Waals surface area contributed by atoms with Gasteiger partial charge in [-0.15, -0.1) is 10.9 Å². The smallest absolute Gasteiger partial charge is 0.111 e. The highest BCUT2D eigenvalue weighted by molar-refractivity contribution is 7.88. The van der Waals surface area contributed by atoms with Crippen molar-refractivity contribution in [3.63, 3.8) is 0 Å². The first-order chi connectivity index (χ1) is 62.3. The van der Waals surface area contributed by atoms with Crippen LogP contribution in [0.15, 0.2) is 0 Å². The maximum absolute atomic E-state index is 7.54. The molecular formula is C96H96B38. The fourth-order valence-electron chi connectivity index (χ4n) is 24.0. The quantitative estimate of drug-likeness (QED) is 0.0724. The molecule has 134 heavy (non-hydrogen) atoms. The van der Waals surface area contributed by atoms with Crippen molar-refractivity contribution >= 4 is 406 Å². The van der Waals surface area contributed by atoms with Gasteiger partial charge in [0.1, 0.15) is 15.7 Å². The molecular weight excluding hydrogens is 1560 g/mol. The van der Waals surface area contributed by atoms with Gasteiger partial charge in [-0.3, -0.25) is 0 Å². The van der Waals surface area contributed by atoms with E-state index in [0.717, 1.165) is 116 Å². The topological polar surface area (TPSA) is 0 Å². The van der Waals surface area contributed by atoms with E-state index in [9.17, 15) is 0 Å². The molecule has 48 radical (unpaired) electrons. The van der Waals surface area contributed by atoms with Crippen LogP contribution in [0.3, 0.4) is 0 Å². The van der Waals surface area contributed by atoms with Crippen molar-refractivity contribution in [3.8, 4) is 44.5 Å². The van der Waals surface area contributed by atoms with Gasteiger partial charge in [0.05, 0.1) is 53.3 Å². The Morgan fingerprint density at radius 1 is 0.164 bits per heavy atom. The average molecular weight is 1660 g/mol. The Morgan fingerprint density at radius 2 is 0.358 bits per heavy atom. The monoisotopic (exact) mass is 1670 g/mol. The van der Waals surface area contributed by atoms with Crippen molar-refractivity contribution in [2.45, 2.75) is 222 Å². The molecule has 0 aromatic heterocycles. The van der Waals surface area contributed by atoms with E-state index in [0.29, 0.717) is 65.2 Å². The van der Waals surface area contributed by atoms with Crippen LogP contribution < -0.4 is 54.6 Å². The fraction of sp³-hybridized carbons (Fsp3) is 0.333. The summed E-state index contributed by atoms with van der Waals surface area (Å²) in [6, 6.07) is 0. The van der Waals surface area contributed by atoms with Crippen LogP contribution in [0.5, 0.6) is 0 Å². The Kier molecular flexibility index (Phi) is 31.6. The number of hydrogen-bond acceptors (Lipinski definition) is 0. The van der Waals surface area contributed by atoms with E-state index in [-0.39, 0.29) is 0 Å². The summed E-state index contributed by atoms with van der Waals surface area (Å²) >= 11 is 0. The van der Waals surface area contributed by atoms with Crippen molar-refractivity contribution in [1.29, 1.82) is 0 Å². The van der Waals surface area contributed by atoms with Crippen LogP contribution in [0.4, 0.5) is 0 Å². The third kappa shape index (κ3) is 16.1. The molecule has 0 atom stereocenters. The maximum Gasteiger partial charge on any atom is 0.113 e. The summed E-state index contributed by atoms with van der Waals surface area (Å²) in [5.74, 6) is 0. The Labute approximate surface area is 843 Å². The second-order valence-electron chi connectivity index (χ2n) is 39.7. The first kappa shape index (κ1) is 107. The maximum atomic E-state index is 7.54. The van der Waals surface area contributed by atoms with Gasteiger partial charge < -0.3 is 0 Å². The molecule has 0 unspecified atom stereocenters. The average Bonchev–Trinajstić information content (AvgIpc) is 0.678. The number of aryl methyl sites for hydroxylation is 11. The summed E-state index contributed by atoms with van der Waals surface area (Å²) < 4.78 is 0. The minimum atomic E-state index is -1.09. The number of hydrogen-bond donors (Lipinski definition) is 0. The van der Waals surface area contributed by atoms with Crippen molar-refractivity contribution < 1.29 is 0 Å². The Morgan fingerprint density at radius 3 is 0.612 bits per heavy atom. The van der Waals surface area contributed by atoms with Gasteiger partial charge in [0.2, 0.25) is 0 Å². The first-order valence-corrected chi connectivity index (χ1v) is 47.0. The molecule has 0 aliphatic carbocycles. The molecule has 13 rings (SSSR count). The highest BCUT2D eigenvalue weighted by atomic mass is 14.4. The summed E-state index contributed by atoms with van der Waals surface area (Å²) in [5, 5.41) is 14.3. The number of rotatable bonds is 20. The number of benzene rings is 13. The minimum absolute atomic E-state index is 0.322. The number of fused-ring (bicyclic) bond motifs is 7. The highest BCUT2D eigenvalue weighted by Gasteiger charge is 2.41. The van der Waals surface area contributed by atoms with Gasteiger partial charge >= 0.3 is 0 Å². The van der Waals surface area contributed by atoms with E-state index >= 15 is 0 Å². The van der Waals surface area contributed by atoms with Gasteiger partial charge in [0, 0.05) is 207 Å². The first-order valence-electron chi connectivity index (χ1n) is 47.0. The van der Waals surface area contributed by atoms with Crippen LogP contribution in [0.1, 0.15) is 178 Å². The van der Waals surface area contributed by atoms with Gasteiger partial charge in [0.15, 0.2) is 0 Å². The van der Waals surface area contributed by atoms with Gasteiger partial charge in [0.25, 0.3) is 0 Å². The van der Waals surface area contributed by atoms with Gasteiger partial charge in [-0.05, 0) is 497 Å². The summed E-state index contributed by atoms with van der Waals surface area (Å²) in [4.78, 5) is 0. The standard InChI is InChI=1S/C51H51B19.C45H45B19/c1-18-20(3)27(10)37-35(24(18)7)26(9)22(5)29(12)39(37)40-30(13)23(6)31(14)41-42(40)34(17)36-25(8)19(2)21(4)28(11)38(36)43(41)44-45-46(47(52)48(63-53)51(44)65(55)56)50(67(69(60)61)70(62)64-54)33(16)32(15)49(45)66(57)68(58)59;1-16-17(2)22(7)31(23(8)18(16)3)37-33-25(10)20(5)19(4)24(9)32(33)30(15)36-34(37)26(11)21(6)27(12)35(36)38-39-40(41(46)42(57-47)45(38)59(49)50)44(61(63(54)55)64(56)58-48)29(14)28(13)43(39)60(51)62(52)53/h1-17H3;1-15H3. The lowest BCUT2D eigenvalue weighted by Crippen LogP contribution is -2.64. The molecule has 0 N–H and O–H groups in total. The molecule has 0 spiro atoms. The molecule has 38 heteroatoms. The van der Waals surface area contributed by atoms with Crippen LogP contribution in [0.25, 0.3) is 120 Å². The van der Waals surface area contributed by atoms with Crippen LogP contribution in [0, 0.1) is 222 Å². The summed E-state index contributed by atoms with van der Waals surface area (Å²) in [7, 11) is 157. The van der Waals surface area contributed by atoms with E-state index in [2.05, 4.69) is 194 Å². The van der Waals surface area contributed by atoms with Crippen molar-refractivity contribution in [2.24, 2.45) is 0 Å². The normalized spacial score (nSPS) is 11.5. The van der Waals surface area contributed by atoms with E-state index in [1.165, 1.54) is 200 Å². The highest BCUT2D eigenvalue weighted by Crippen LogP contribution is 2.56. The minimum Gasteiger partial charge on any atom is -0.111 e. The van der Waals surface area contributed by atoms with E-state index in [1.807, 2.05) is 27.7 Å². The second kappa shape index (κ2) is 39.6. The molecule has 0 amide bonds. The largest absolute Gasteiger partial charge is 0.113 e. The lowest BCUT2D eigenvalue weighted by Gasteiger charge is -2.36. The Hall–Kier alpha value is -5.85. The molecule has 0 bridgehead atoms. The van der Waals surface area contributed by atoms with Gasteiger partial charge in [-0.2, -0.15) is 0 Å². The Balaban J connectivity index is 0.000000242. The SMILES string of the molecule is [B][B]B([B])B(B([B])[B])c1c(C)c(C)c(B([B])B([B])[B])c2c(-c3c(C)c(C)c(C)c4c(-c5c(C)c(C)c(C)c(C)c5C)c5c(C)c(C)c(C)c(C)c5c(C)c34)c(B([B])[B])c([B][B])c([B])c12.[B][B]B([B])B(B([B])[B])c1c(C)c(C)c(B([B])B([B])[B])c2c(-c3c4c(C)c(C)c(C)c(C)c4c(C)c4c(-c5c(C)c(C)c(C)c6c(C)c(C)c(C)c(C)c56)c(C)c(C)c(C)c34)c(B([B])[B])c([B][B])c([B])c12. The second-order valence-corrected chi connectivity index (χ2v) is 39.7. The van der Waals surface area contributed by atoms with Crippen molar-refractivity contribution in [1.82, 2.24) is 0 Å². The molecule has 0 nitrogen and oxygen atoms in total. The summed E-state index contributed by atoms with van der Waals surface area (Å²) in [5.41, 5.74) is 51.3. The zero-order chi connectivity index (χ0) is 101. The predicted octanol–water partition coefficient (Wildman–Crippen LogP) is 5.26. The predicted molar refractivity (Wildman–Crippen MR) is 644 cm³/mol. The summed E-state index contributed by atoms with van der Waals surface area (Å²) in [6.07, 6.45) is -5.38. The van der Waals surface area contributed by atoms with E-state index < -0.39 is 77.3 Å². The molecule has 13 aromatic rings. The zero-order valence-electron chi connectivity index (χ0n) is 85.9. The molecule has 13 aromatic carbocycles. The van der Waals surface area contributed by atoms with Gasteiger partial charge in [-0.1, -0.05) is 66.0 Å². The Bertz CT molecular complexity index is 7170. The molecule has 0 heterocycles. The molecule has 0 aliphatic heterocycles. The van der Waals surface area contributed by atoms with Crippen LogP contribution in [-0.4, -0.2) is 276 Å². The molecule has 0 saturated heterocycles. The van der Waals surface area contributed by atoms with E-state index in [4.69, 9.17) is 170 Å². The summed E-state index contributed by atoms with van der Waals surface area (Å²) in [6.45, 7) is 65.7. The lowest BCUT2D eigenvalue weighted by atomic mass is 8.68. The molecule has 594 valence electrons. The third-order valence-electron chi connectivity index (χ3n) is 33.8. The molecule has 0 aliphatic rings. The van der Waals surface area contributed by atoms with Crippen molar-refractivity contribution in [2.75, 3.05) is 0 Å². The van der Waals surface area contributed by atoms with E-state index in [1.54, 1.807) is 0 Å². The van der Waals surface area contributed by atoms with Gasteiger partial charge in [-0.25, -0.2) is 0 Å². The van der Waals surface area contributed by atoms with Crippen LogP contribution in [-0.2, 0) is 0 Å². The lowest BCUT2D eigenvalue weighted by molar-refractivity contribution is 1.18. The fourth-order valence-corrected chi connectivity index (χ4v) is 24.0. The zero-order valence-corrected chi connectivity index (χ0v) is 85.9. The van der Waals surface area contributed by atoms with Crippen LogP contribution in [0.2, 0.25) is 0 Å². The molecule has 0 fully saturated rings.